The molecule has 0 fully saturated rings. The Morgan fingerprint density at radius 3 is 1.10 bits per heavy atom. The van der Waals surface area contributed by atoms with E-state index in [0.717, 1.165) is 56.2 Å². The number of hydrogen-bond donors (Lipinski definition) is 0. The summed E-state index contributed by atoms with van der Waals surface area (Å²) in [5, 5.41) is 2.42. The molecule has 0 bridgehead atoms. The van der Waals surface area contributed by atoms with E-state index in [1.54, 1.807) is 0 Å². The average molecular weight is 665 g/mol. The second kappa shape index (κ2) is 12.4. The van der Waals surface area contributed by atoms with Crippen molar-refractivity contribution in [1.82, 2.24) is 19.1 Å². The Balaban J connectivity index is 0.969. The fraction of sp³-hybridized carbons (Fsp3) is 0. The van der Waals surface area contributed by atoms with Crippen molar-refractivity contribution < 1.29 is 0 Å². The standard InChI is InChI=1S/C48H32N4/c1-3-11-41(12-4-1)51-45-17-9-7-15-43(45)49-47(51)36-25-19-33(20-26-36)38-29-23-35-24-30-39(32-40(35)31-38)34-21-27-37(28-22-34)48-50-44-16-8-10-18-46(44)52(48)42-13-5-2-6-14-42/h1-32H. The molecule has 244 valence electrons. The molecule has 10 aromatic rings. The zero-order chi connectivity index (χ0) is 34.4. The molecule has 0 aliphatic rings. The monoisotopic (exact) mass is 664 g/mol. The fourth-order valence-corrected chi connectivity index (χ4v) is 7.35. The molecule has 2 aromatic heterocycles. The summed E-state index contributed by atoms with van der Waals surface area (Å²) >= 11 is 0. The molecule has 0 aliphatic heterocycles. The summed E-state index contributed by atoms with van der Waals surface area (Å²) < 4.78 is 4.49. The van der Waals surface area contributed by atoms with Crippen LogP contribution >= 0.6 is 0 Å². The van der Waals surface area contributed by atoms with Gasteiger partial charge in [0.1, 0.15) is 11.6 Å². The normalized spacial score (nSPS) is 11.5. The number of fused-ring (bicyclic) bond motifs is 3. The van der Waals surface area contributed by atoms with E-state index in [9.17, 15) is 0 Å². The quantitative estimate of drug-likeness (QED) is 0.177. The Bertz CT molecular complexity index is 2670. The van der Waals surface area contributed by atoms with Gasteiger partial charge in [-0.05, 0) is 93.7 Å². The third kappa shape index (κ3) is 5.17. The minimum Gasteiger partial charge on any atom is -0.292 e. The number of rotatable bonds is 6. The van der Waals surface area contributed by atoms with E-state index >= 15 is 0 Å². The summed E-state index contributed by atoms with van der Waals surface area (Å²) in [6, 6.07) is 68.6. The van der Waals surface area contributed by atoms with E-state index in [2.05, 4.69) is 179 Å². The minimum absolute atomic E-state index is 0.936. The fourth-order valence-electron chi connectivity index (χ4n) is 7.35. The first-order valence-corrected chi connectivity index (χ1v) is 17.6. The predicted molar refractivity (Wildman–Crippen MR) is 215 cm³/mol. The Morgan fingerprint density at radius 2 is 0.654 bits per heavy atom. The maximum Gasteiger partial charge on any atom is 0.145 e. The van der Waals surface area contributed by atoms with Gasteiger partial charge in [-0.1, -0.05) is 133 Å². The molecular weight excluding hydrogens is 633 g/mol. The zero-order valence-corrected chi connectivity index (χ0v) is 28.3. The number of imidazole rings is 2. The Hall–Kier alpha value is -7.04. The van der Waals surface area contributed by atoms with E-state index in [0.29, 0.717) is 0 Å². The topological polar surface area (TPSA) is 35.6 Å². The summed E-state index contributed by atoms with van der Waals surface area (Å²) in [4.78, 5) is 10.1. The van der Waals surface area contributed by atoms with Gasteiger partial charge in [0.25, 0.3) is 0 Å². The van der Waals surface area contributed by atoms with Crippen molar-refractivity contribution in [3.8, 4) is 56.4 Å². The second-order valence-corrected chi connectivity index (χ2v) is 13.1. The number of benzene rings is 8. The van der Waals surface area contributed by atoms with Crippen molar-refractivity contribution in [3.63, 3.8) is 0 Å². The molecule has 4 heteroatoms. The molecule has 4 nitrogen and oxygen atoms in total. The van der Waals surface area contributed by atoms with Crippen LogP contribution in [-0.2, 0) is 0 Å². The molecule has 10 rings (SSSR count). The van der Waals surface area contributed by atoms with Gasteiger partial charge in [-0.2, -0.15) is 0 Å². The Labute approximate surface area is 301 Å². The molecule has 0 N–H and O–H groups in total. The van der Waals surface area contributed by atoms with E-state index in [-0.39, 0.29) is 0 Å². The zero-order valence-electron chi connectivity index (χ0n) is 28.3. The summed E-state index contributed by atoms with van der Waals surface area (Å²) in [5.41, 5.74) is 13.2. The molecular formula is C48H32N4. The van der Waals surface area contributed by atoms with Crippen LogP contribution in [0.25, 0.3) is 89.2 Å². The van der Waals surface area contributed by atoms with Crippen LogP contribution in [0.5, 0.6) is 0 Å². The van der Waals surface area contributed by atoms with E-state index in [1.165, 1.54) is 33.0 Å². The first-order valence-electron chi connectivity index (χ1n) is 17.6. The van der Waals surface area contributed by atoms with Crippen LogP contribution in [0.15, 0.2) is 194 Å². The maximum absolute atomic E-state index is 5.05. The van der Waals surface area contributed by atoms with Crippen LogP contribution in [0.1, 0.15) is 0 Å². The van der Waals surface area contributed by atoms with Crippen molar-refractivity contribution in [2.24, 2.45) is 0 Å². The molecule has 0 radical (unpaired) electrons. The van der Waals surface area contributed by atoms with Crippen molar-refractivity contribution in [1.29, 1.82) is 0 Å². The van der Waals surface area contributed by atoms with Gasteiger partial charge in [0, 0.05) is 22.5 Å². The number of para-hydroxylation sites is 6. The molecule has 52 heavy (non-hydrogen) atoms. The highest BCUT2D eigenvalue weighted by molar-refractivity contribution is 5.92. The Kier molecular flexibility index (Phi) is 7.10. The number of aromatic nitrogens is 4. The highest BCUT2D eigenvalue weighted by Crippen LogP contribution is 2.34. The van der Waals surface area contributed by atoms with Gasteiger partial charge >= 0.3 is 0 Å². The highest BCUT2D eigenvalue weighted by atomic mass is 15.1. The van der Waals surface area contributed by atoms with Crippen LogP contribution in [0.3, 0.4) is 0 Å². The van der Waals surface area contributed by atoms with Crippen LogP contribution < -0.4 is 0 Å². The molecule has 0 unspecified atom stereocenters. The summed E-state index contributed by atoms with van der Waals surface area (Å²) in [7, 11) is 0. The number of nitrogens with zero attached hydrogens (tertiary/aromatic N) is 4. The first-order chi connectivity index (χ1) is 25.8. The van der Waals surface area contributed by atoms with Gasteiger partial charge in [-0.25, -0.2) is 9.97 Å². The second-order valence-electron chi connectivity index (χ2n) is 13.1. The molecule has 0 spiro atoms. The van der Waals surface area contributed by atoms with Crippen LogP contribution in [0, 0.1) is 0 Å². The minimum atomic E-state index is 0.936. The molecule has 0 aliphatic carbocycles. The molecule has 8 aromatic carbocycles. The van der Waals surface area contributed by atoms with Crippen LogP contribution in [-0.4, -0.2) is 19.1 Å². The highest BCUT2D eigenvalue weighted by Gasteiger charge is 2.16. The molecule has 2 heterocycles. The lowest BCUT2D eigenvalue weighted by Gasteiger charge is -2.11. The van der Waals surface area contributed by atoms with Gasteiger partial charge in [-0.3, -0.25) is 9.13 Å². The van der Waals surface area contributed by atoms with Crippen molar-refractivity contribution in [3.05, 3.63) is 194 Å². The lowest BCUT2D eigenvalue weighted by atomic mass is 9.96. The van der Waals surface area contributed by atoms with Gasteiger partial charge in [0.2, 0.25) is 0 Å². The number of hydrogen-bond acceptors (Lipinski definition) is 2. The van der Waals surface area contributed by atoms with Gasteiger partial charge in [-0.15, -0.1) is 0 Å². The maximum atomic E-state index is 5.05. The van der Waals surface area contributed by atoms with Crippen LogP contribution in [0.2, 0.25) is 0 Å². The van der Waals surface area contributed by atoms with Gasteiger partial charge in [0.15, 0.2) is 0 Å². The molecule has 0 saturated heterocycles. The Morgan fingerprint density at radius 1 is 0.288 bits per heavy atom. The lowest BCUT2D eigenvalue weighted by molar-refractivity contribution is 1.10. The first kappa shape index (κ1) is 29.8. The van der Waals surface area contributed by atoms with Gasteiger partial charge < -0.3 is 0 Å². The van der Waals surface area contributed by atoms with Crippen molar-refractivity contribution in [2.75, 3.05) is 0 Å². The summed E-state index contributed by atoms with van der Waals surface area (Å²) in [6.07, 6.45) is 0. The third-order valence-corrected chi connectivity index (χ3v) is 9.94. The average Bonchev–Trinajstić information content (AvgIpc) is 3.81. The van der Waals surface area contributed by atoms with Crippen molar-refractivity contribution >= 4 is 32.8 Å². The molecule has 0 saturated carbocycles. The SMILES string of the molecule is c1ccc(-n2c(-c3ccc(-c4ccc5ccc(-c6ccc(-c7nc8ccccc8n7-c7ccccc7)cc6)cc5c4)cc3)nc3ccccc32)cc1. The van der Waals surface area contributed by atoms with E-state index in [4.69, 9.17) is 9.97 Å². The van der Waals surface area contributed by atoms with E-state index in [1.807, 2.05) is 24.3 Å². The van der Waals surface area contributed by atoms with Crippen LogP contribution in [0.4, 0.5) is 0 Å². The lowest BCUT2D eigenvalue weighted by Crippen LogP contribution is -1.97. The molecule has 0 atom stereocenters. The summed E-state index contributed by atoms with van der Waals surface area (Å²) in [6.45, 7) is 0. The largest absolute Gasteiger partial charge is 0.292 e. The third-order valence-electron chi connectivity index (χ3n) is 9.94. The van der Waals surface area contributed by atoms with Gasteiger partial charge in [0.05, 0.1) is 22.1 Å². The van der Waals surface area contributed by atoms with Crippen molar-refractivity contribution in [2.45, 2.75) is 0 Å². The van der Waals surface area contributed by atoms with E-state index < -0.39 is 0 Å². The smallest absolute Gasteiger partial charge is 0.145 e. The predicted octanol–water partition coefficient (Wildman–Crippen LogP) is 12.2. The summed E-state index contributed by atoms with van der Waals surface area (Å²) in [5.74, 6) is 1.87. The molecule has 0 amide bonds.